The standard InChI is InChI=1S/C19H17N3O2/c1-12-3-6-14(7-4-12)9-16-18(23)22-17(19(24)21-16)10-15-8-5-13(2)11-20-15/h3-11H,1-2H3,(H,21,24)(H,22,23)/b16-9?,17-10+. The lowest BCUT2D eigenvalue weighted by molar-refractivity contribution is 1.00. The first-order chi connectivity index (χ1) is 11.5. The van der Waals surface area contributed by atoms with E-state index in [0.717, 1.165) is 16.7 Å². The number of hydrogen-bond donors (Lipinski definition) is 2. The molecule has 0 saturated carbocycles. The van der Waals surface area contributed by atoms with Crippen LogP contribution in [0, 0.1) is 13.8 Å². The van der Waals surface area contributed by atoms with Crippen molar-refractivity contribution < 1.29 is 0 Å². The van der Waals surface area contributed by atoms with Gasteiger partial charge in [0.1, 0.15) is 10.7 Å². The van der Waals surface area contributed by atoms with Crippen molar-refractivity contribution in [1.29, 1.82) is 0 Å². The molecule has 120 valence electrons. The van der Waals surface area contributed by atoms with Gasteiger partial charge < -0.3 is 9.97 Å². The molecule has 3 rings (SSSR count). The van der Waals surface area contributed by atoms with Gasteiger partial charge in [-0.2, -0.15) is 0 Å². The monoisotopic (exact) mass is 319 g/mol. The van der Waals surface area contributed by atoms with Crippen molar-refractivity contribution in [3.05, 3.63) is 96.4 Å². The van der Waals surface area contributed by atoms with E-state index in [1.54, 1.807) is 24.4 Å². The van der Waals surface area contributed by atoms with Crippen molar-refractivity contribution >= 4 is 12.2 Å². The van der Waals surface area contributed by atoms with Crippen LogP contribution >= 0.6 is 0 Å². The van der Waals surface area contributed by atoms with Crippen LogP contribution in [0.3, 0.4) is 0 Å². The van der Waals surface area contributed by atoms with Gasteiger partial charge in [-0.1, -0.05) is 35.9 Å². The number of benzene rings is 1. The molecule has 2 heterocycles. The second kappa shape index (κ2) is 6.50. The SMILES string of the molecule is Cc1ccc(C=c2[nH]c(=O)/c(=C\c3ccc(C)cn3)[nH]c2=O)cc1. The third kappa shape index (κ3) is 3.57. The van der Waals surface area contributed by atoms with Gasteiger partial charge in [0.15, 0.2) is 0 Å². The topological polar surface area (TPSA) is 78.6 Å². The lowest BCUT2D eigenvalue weighted by atomic mass is 10.1. The van der Waals surface area contributed by atoms with Crippen molar-refractivity contribution in [2.75, 3.05) is 0 Å². The predicted molar refractivity (Wildman–Crippen MR) is 94.2 cm³/mol. The summed E-state index contributed by atoms with van der Waals surface area (Å²) in [5, 5.41) is 0.398. The molecule has 0 radical (unpaired) electrons. The highest BCUT2D eigenvalue weighted by atomic mass is 16.1. The molecule has 0 unspecified atom stereocenters. The third-order valence-corrected chi connectivity index (χ3v) is 3.60. The van der Waals surface area contributed by atoms with E-state index >= 15 is 0 Å². The second-order valence-corrected chi connectivity index (χ2v) is 5.70. The van der Waals surface area contributed by atoms with Crippen LogP contribution in [0.2, 0.25) is 0 Å². The summed E-state index contributed by atoms with van der Waals surface area (Å²) in [4.78, 5) is 33.9. The van der Waals surface area contributed by atoms with E-state index in [9.17, 15) is 9.59 Å². The molecule has 0 aliphatic rings. The Hall–Kier alpha value is -3.21. The summed E-state index contributed by atoms with van der Waals surface area (Å²) < 4.78 is 0. The predicted octanol–water partition coefficient (Wildman–Crippen LogP) is 0.733. The quantitative estimate of drug-likeness (QED) is 0.731. The number of rotatable bonds is 2. The summed E-state index contributed by atoms with van der Waals surface area (Å²) in [6.45, 7) is 3.92. The van der Waals surface area contributed by atoms with Crippen LogP contribution < -0.4 is 21.8 Å². The van der Waals surface area contributed by atoms with Crippen molar-refractivity contribution in [2.45, 2.75) is 13.8 Å². The van der Waals surface area contributed by atoms with Crippen LogP contribution in [0.1, 0.15) is 22.4 Å². The normalized spacial score (nSPS) is 12.6. The molecule has 3 aromatic rings. The first-order valence-corrected chi connectivity index (χ1v) is 7.57. The van der Waals surface area contributed by atoms with E-state index in [-0.39, 0.29) is 21.8 Å². The van der Waals surface area contributed by atoms with E-state index in [1.807, 2.05) is 44.2 Å². The minimum Gasteiger partial charge on any atom is -0.316 e. The van der Waals surface area contributed by atoms with Crippen LogP contribution in [-0.4, -0.2) is 15.0 Å². The molecule has 2 aromatic heterocycles. The van der Waals surface area contributed by atoms with Gasteiger partial charge in [0, 0.05) is 6.20 Å². The van der Waals surface area contributed by atoms with E-state index in [2.05, 4.69) is 15.0 Å². The van der Waals surface area contributed by atoms with Gasteiger partial charge in [-0.25, -0.2) is 0 Å². The van der Waals surface area contributed by atoms with E-state index in [1.165, 1.54) is 0 Å². The number of aryl methyl sites for hydroxylation is 2. The van der Waals surface area contributed by atoms with Crippen LogP contribution in [0.4, 0.5) is 0 Å². The minimum atomic E-state index is -0.365. The van der Waals surface area contributed by atoms with Crippen molar-refractivity contribution in [3.8, 4) is 0 Å². The van der Waals surface area contributed by atoms with E-state index in [0.29, 0.717) is 5.69 Å². The zero-order valence-corrected chi connectivity index (χ0v) is 13.5. The number of pyridine rings is 1. The molecule has 5 heteroatoms. The molecule has 1 aromatic carbocycles. The maximum atomic E-state index is 12.2. The first kappa shape index (κ1) is 15.7. The zero-order chi connectivity index (χ0) is 17.1. The molecule has 0 aliphatic carbocycles. The fourth-order valence-corrected chi connectivity index (χ4v) is 2.24. The van der Waals surface area contributed by atoms with Crippen LogP contribution in [0.15, 0.2) is 52.2 Å². The van der Waals surface area contributed by atoms with Gasteiger partial charge in [0.05, 0.1) is 5.69 Å². The van der Waals surface area contributed by atoms with Gasteiger partial charge in [-0.05, 0) is 43.2 Å². The fraction of sp³-hybridized carbons (Fsp3) is 0.105. The minimum absolute atomic E-state index is 0.178. The smallest absolute Gasteiger partial charge is 0.272 e. The molecule has 5 nitrogen and oxygen atoms in total. The Labute approximate surface area is 138 Å². The summed E-state index contributed by atoms with van der Waals surface area (Å²) in [7, 11) is 0. The summed E-state index contributed by atoms with van der Waals surface area (Å²) in [6, 6.07) is 11.4. The van der Waals surface area contributed by atoms with Crippen LogP contribution in [0.25, 0.3) is 12.2 Å². The molecule has 0 aliphatic heterocycles. The van der Waals surface area contributed by atoms with Gasteiger partial charge >= 0.3 is 0 Å². The van der Waals surface area contributed by atoms with Crippen LogP contribution in [-0.2, 0) is 0 Å². The molecule has 0 fully saturated rings. The van der Waals surface area contributed by atoms with Gasteiger partial charge in [0.2, 0.25) is 0 Å². The average Bonchev–Trinajstić information content (AvgIpc) is 2.56. The Morgan fingerprint density at radius 1 is 0.792 bits per heavy atom. The molecule has 0 bridgehead atoms. The highest BCUT2D eigenvalue weighted by Gasteiger charge is 1.97. The van der Waals surface area contributed by atoms with Crippen LogP contribution in [0.5, 0.6) is 0 Å². The Kier molecular flexibility index (Phi) is 4.24. The summed E-state index contributed by atoms with van der Waals surface area (Å²) >= 11 is 0. The summed E-state index contributed by atoms with van der Waals surface area (Å²) in [5.74, 6) is 0. The van der Waals surface area contributed by atoms with Crippen molar-refractivity contribution in [1.82, 2.24) is 15.0 Å². The molecular formula is C19H17N3O2. The lowest BCUT2D eigenvalue weighted by Gasteiger charge is -1.96. The molecule has 24 heavy (non-hydrogen) atoms. The molecule has 0 saturated heterocycles. The van der Waals surface area contributed by atoms with Crippen molar-refractivity contribution in [3.63, 3.8) is 0 Å². The molecule has 0 amide bonds. The van der Waals surface area contributed by atoms with Gasteiger partial charge in [-0.15, -0.1) is 0 Å². The summed E-state index contributed by atoms with van der Waals surface area (Å²) in [6.07, 6.45) is 4.90. The Balaban J connectivity index is 2.09. The van der Waals surface area contributed by atoms with Crippen molar-refractivity contribution in [2.24, 2.45) is 0 Å². The number of nitrogens with one attached hydrogen (secondary N) is 2. The number of hydrogen-bond acceptors (Lipinski definition) is 3. The number of aromatic nitrogens is 3. The second-order valence-electron chi connectivity index (χ2n) is 5.70. The highest BCUT2D eigenvalue weighted by molar-refractivity contribution is 5.48. The van der Waals surface area contributed by atoms with E-state index in [4.69, 9.17) is 0 Å². The highest BCUT2D eigenvalue weighted by Crippen LogP contribution is 2.02. The average molecular weight is 319 g/mol. The summed E-state index contributed by atoms with van der Waals surface area (Å²) in [5.41, 5.74) is 2.89. The molecule has 0 spiro atoms. The third-order valence-electron chi connectivity index (χ3n) is 3.60. The number of aromatic amines is 2. The maximum absolute atomic E-state index is 12.2. The lowest BCUT2D eigenvalue weighted by Crippen LogP contribution is -2.46. The molecule has 2 N–H and O–H groups in total. The Morgan fingerprint density at radius 3 is 1.96 bits per heavy atom. The van der Waals surface area contributed by atoms with E-state index < -0.39 is 0 Å². The molecule has 0 atom stereocenters. The molecular weight excluding hydrogens is 302 g/mol. The number of H-pyrrole nitrogens is 2. The largest absolute Gasteiger partial charge is 0.316 e. The Bertz CT molecular complexity index is 998. The van der Waals surface area contributed by atoms with Gasteiger partial charge in [0.25, 0.3) is 11.1 Å². The number of nitrogens with zero attached hydrogens (tertiary/aromatic N) is 1. The fourth-order valence-electron chi connectivity index (χ4n) is 2.24. The maximum Gasteiger partial charge on any atom is 0.272 e. The first-order valence-electron chi connectivity index (χ1n) is 7.57. The zero-order valence-electron chi connectivity index (χ0n) is 13.5. The van der Waals surface area contributed by atoms with Gasteiger partial charge in [-0.3, -0.25) is 14.6 Å². The Morgan fingerprint density at radius 2 is 1.38 bits per heavy atom.